The van der Waals surface area contributed by atoms with Crippen LogP contribution in [0.25, 0.3) is 23.2 Å². The molecule has 5 rings (SSSR count). The fourth-order valence-electron chi connectivity index (χ4n) is 4.85. The minimum absolute atomic E-state index is 0.314. The summed E-state index contributed by atoms with van der Waals surface area (Å²) in [7, 11) is 0. The predicted molar refractivity (Wildman–Crippen MR) is 164 cm³/mol. The summed E-state index contributed by atoms with van der Waals surface area (Å²) in [6.07, 6.45) is 1.06. The molecule has 1 fully saturated rings. The van der Waals surface area contributed by atoms with Crippen LogP contribution in [0.4, 0.5) is 23.7 Å². The lowest BCUT2D eigenvalue weighted by molar-refractivity contribution is -0.274. The van der Waals surface area contributed by atoms with Gasteiger partial charge in [0.1, 0.15) is 12.1 Å². The van der Waals surface area contributed by atoms with Gasteiger partial charge >= 0.3 is 12.4 Å². The van der Waals surface area contributed by atoms with Crippen molar-refractivity contribution < 1.29 is 22.7 Å². The molecule has 43 heavy (non-hydrogen) atoms. The smallest absolute Gasteiger partial charge is 0.406 e. The fourth-order valence-corrected chi connectivity index (χ4v) is 5.79. The molecular weight excluding hydrogens is 577 g/mol. The number of benzene rings is 3. The van der Waals surface area contributed by atoms with Gasteiger partial charge in [0.2, 0.25) is 0 Å². The van der Waals surface area contributed by atoms with Crippen LogP contribution in [0.3, 0.4) is 0 Å². The minimum Gasteiger partial charge on any atom is -0.406 e. The Balaban J connectivity index is 1.20. The van der Waals surface area contributed by atoms with Crippen LogP contribution >= 0.6 is 11.8 Å². The molecule has 1 aliphatic heterocycles. The molecule has 0 radical (unpaired) electrons. The number of aromatic nitrogens is 3. The molecule has 0 aliphatic carbocycles. The van der Waals surface area contributed by atoms with Gasteiger partial charge in [-0.1, -0.05) is 53.7 Å². The van der Waals surface area contributed by atoms with Crippen molar-refractivity contribution in [2.24, 2.45) is 4.99 Å². The average molecular weight is 607 g/mol. The predicted octanol–water partition coefficient (Wildman–Crippen LogP) is 7.44. The van der Waals surface area contributed by atoms with Crippen molar-refractivity contribution in [3.63, 3.8) is 0 Å². The number of aliphatic imine (C=N–C) groups is 1. The molecular formula is C31H29F3N6O2S. The quantitative estimate of drug-likeness (QED) is 0.246. The van der Waals surface area contributed by atoms with Gasteiger partial charge in [0.25, 0.3) is 0 Å². The van der Waals surface area contributed by atoms with Gasteiger partial charge in [-0.3, -0.25) is 0 Å². The second-order valence-corrected chi connectivity index (χ2v) is 11.0. The van der Waals surface area contributed by atoms with E-state index in [0.717, 1.165) is 46.7 Å². The maximum absolute atomic E-state index is 12.7. The highest BCUT2D eigenvalue weighted by atomic mass is 32.2. The van der Waals surface area contributed by atoms with E-state index in [0.29, 0.717) is 16.7 Å². The monoisotopic (exact) mass is 606 g/mol. The van der Waals surface area contributed by atoms with Gasteiger partial charge in [-0.15, -0.1) is 18.3 Å². The van der Waals surface area contributed by atoms with Gasteiger partial charge in [-0.05, 0) is 74.2 Å². The fraction of sp³-hybridized carbons (Fsp3) is 0.226. The second kappa shape index (κ2) is 12.7. The first-order valence-corrected chi connectivity index (χ1v) is 14.5. The SMILES string of the molecule is Cc1cc(C)c(N2CCCS/C2=N\C(=O)N/C=C/c2ccc(-c3ncn(-c4ccc(OC(F)(F)F)cc4)n3)cc2)c(C)c1. The molecule has 12 heteroatoms. The summed E-state index contributed by atoms with van der Waals surface area (Å²) in [6.45, 7) is 7.05. The van der Waals surface area contributed by atoms with Gasteiger partial charge in [0.15, 0.2) is 11.0 Å². The Morgan fingerprint density at radius 3 is 2.42 bits per heavy atom. The summed E-state index contributed by atoms with van der Waals surface area (Å²) in [5.74, 6) is 1.04. The van der Waals surface area contributed by atoms with E-state index < -0.39 is 12.4 Å². The highest BCUT2D eigenvalue weighted by Gasteiger charge is 2.31. The highest BCUT2D eigenvalue weighted by Crippen LogP contribution is 2.32. The van der Waals surface area contributed by atoms with E-state index in [2.05, 4.69) is 62.9 Å². The third-order valence-corrected chi connectivity index (χ3v) is 7.63. The molecule has 2 heterocycles. The average Bonchev–Trinajstić information content (AvgIpc) is 3.44. The number of urea groups is 1. The summed E-state index contributed by atoms with van der Waals surface area (Å²) in [5.41, 5.74) is 6.75. The topological polar surface area (TPSA) is 84.6 Å². The van der Waals surface area contributed by atoms with Crippen molar-refractivity contribution >= 4 is 34.7 Å². The zero-order valence-electron chi connectivity index (χ0n) is 23.7. The molecule has 8 nitrogen and oxygen atoms in total. The number of rotatable bonds is 6. The second-order valence-electron chi connectivity index (χ2n) is 9.95. The maximum Gasteiger partial charge on any atom is 0.573 e. The summed E-state index contributed by atoms with van der Waals surface area (Å²) in [5, 5.41) is 7.83. The molecule has 0 spiro atoms. The number of carbonyl (C=O) groups is 1. The third kappa shape index (κ3) is 7.63. The van der Waals surface area contributed by atoms with Gasteiger partial charge in [0.05, 0.1) is 5.69 Å². The third-order valence-electron chi connectivity index (χ3n) is 6.57. The number of hydrogen-bond acceptors (Lipinski definition) is 5. The molecule has 1 saturated heterocycles. The maximum atomic E-state index is 12.7. The van der Waals surface area contributed by atoms with Crippen LogP contribution < -0.4 is 15.0 Å². The number of aryl methyl sites for hydroxylation is 3. The van der Waals surface area contributed by atoms with Crippen LogP contribution in [-0.4, -0.2) is 44.6 Å². The van der Waals surface area contributed by atoms with Gasteiger partial charge in [-0.25, -0.2) is 14.5 Å². The Morgan fingerprint density at radius 2 is 1.74 bits per heavy atom. The van der Waals surface area contributed by atoms with Gasteiger partial charge in [0, 0.05) is 29.7 Å². The van der Waals surface area contributed by atoms with Crippen molar-refractivity contribution in [3.05, 3.63) is 95.4 Å². The Labute approximate surface area is 251 Å². The number of thioether (sulfide) groups is 1. The summed E-state index contributed by atoms with van der Waals surface area (Å²) >= 11 is 1.58. The van der Waals surface area contributed by atoms with Crippen LogP contribution in [0, 0.1) is 20.8 Å². The largest absolute Gasteiger partial charge is 0.573 e. The number of halogens is 3. The molecule has 1 aromatic heterocycles. The molecule has 0 bridgehead atoms. The zero-order valence-corrected chi connectivity index (χ0v) is 24.5. The summed E-state index contributed by atoms with van der Waals surface area (Å²) in [6, 6.07) is 16.6. The first-order valence-electron chi connectivity index (χ1n) is 13.5. The zero-order chi connectivity index (χ0) is 30.6. The van der Waals surface area contributed by atoms with E-state index in [1.807, 2.05) is 24.3 Å². The molecule has 0 atom stereocenters. The molecule has 3 aromatic carbocycles. The molecule has 2 amide bonds. The molecule has 0 saturated carbocycles. The van der Waals surface area contributed by atoms with E-state index in [9.17, 15) is 18.0 Å². The van der Waals surface area contributed by atoms with Crippen molar-refractivity contribution in [3.8, 4) is 22.8 Å². The number of nitrogens with one attached hydrogen (secondary N) is 1. The van der Waals surface area contributed by atoms with Crippen LogP contribution in [0.2, 0.25) is 0 Å². The lowest BCUT2D eigenvalue weighted by Crippen LogP contribution is -2.36. The number of nitrogens with zero attached hydrogens (tertiary/aromatic N) is 5. The van der Waals surface area contributed by atoms with E-state index in [-0.39, 0.29) is 5.75 Å². The number of hydrogen-bond donors (Lipinski definition) is 1. The molecule has 0 unspecified atom stereocenters. The Bertz CT molecular complexity index is 1640. The van der Waals surface area contributed by atoms with E-state index >= 15 is 0 Å². The Kier molecular flexibility index (Phi) is 8.86. The Morgan fingerprint density at radius 1 is 1.05 bits per heavy atom. The minimum atomic E-state index is -4.75. The molecule has 1 aliphatic rings. The number of carbonyl (C=O) groups excluding carboxylic acids is 1. The van der Waals surface area contributed by atoms with Crippen molar-refractivity contribution in [2.75, 3.05) is 17.2 Å². The number of amidine groups is 1. The van der Waals surface area contributed by atoms with E-state index in [4.69, 9.17) is 0 Å². The molecule has 4 aromatic rings. The van der Waals surface area contributed by atoms with E-state index in [1.165, 1.54) is 40.8 Å². The summed E-state index contributed by atoms with van der Waals surface area (Å²) in [4.78, 5) is 23.5. The standard InChI is InChI=1S/C31H29F3N6O2S/c1-20-17-21(2)27(22(3)18-20)39-15-4-16-43-30(39)37-29(41)35-14-13-23-5-7-24(8-6-23)28-36-19-40(38-28)25-9-11-26(12-10-25)42-31(32,33)34/h5-14,17-19H,4,15-16H2,1-3H3,(H,35,41)/b14-13+,37-30-. The van der Waals surface area contributed by atoms with Crippen LogP contribution in [0.5, 0.6) is 5.75 Å². The normalized spacial score (nSPS) is 14.8. The van der Waals surface area contributed by atoms with Crippen LogP contribution in [0.1, 0.15) is 28.7 Å². The van der Waals surface area contributed by atoms with Gasteiger partial charge in [-0.2, -0.15) is 4.99 Å². The summed E-state index contributed by atoms with van der Waals surface area (Å²) < 4.78 is 42.5. The lowest BCUT2D eigenvalue weighted by Gasteiger charge is -2.32. The van der Waals surface area contributed by atoms with Crippen LogP contribution in [-0.2, 0) is 0 Å². The number of anilines is 1. The first-order chi connectivity index (χ1) is 20.6. The van der Waals surface area contributed by atoms with Crippen molar-refractivity contribution in [1.82, 2.24) is 20.1 Å². The molecule has 1 N–H and O–H groups in total. The highest BCUT2D eigenvalue weighted by molar-refractivity contribution is 8.14. The first kappa shape index (κ1) is 29.9. The number of alkyl halides is 3. The number of amides is 2. The van der Waals surface area contributed by atoms with Crippen molar-refractivity contribution in [2.45, 2.75) is 33.6 Å². The van der Waals surface area contributed by atoms with Gasteiger partial charge < -0.3 is 15.0 Å². The van der Waals surface area contributed by atoms with Crippen molar-refractivity contribution in [1.29, 1.82) is 0 Å². The lowest BCUT2D eigenvalue weighted by atomic mass is 10.0. The van der Waals surface area contributed by atoms with E-state index in [1.54, 1.807) is 24.0 Å². The van der Waals surface area contributed by atoms with Crippen LogP contribution in [0.15, 0.2) is 78.2 Å². The number of ether oxygens (including phenoxy) is 1. The molecule has 222 valence electrons. The Hall–Kier alpha value is -4.58.